The van der Waals surface area contributed by atoms with E-state index < -0.39 is 10.8 Å². The van der Waals surface area contributed by atoms with E-state index >= 15 is 0 Å². The molecule has 3 nitrogen and oxygen atoms in total. The Bertz CT molecular complexity index is 992. The second kappa shape index (κ2) is 10.4. The molecule has 36 heavy (non-hydrogen) atoms. The smallest absolute Gasteiger partial charge is 0.147 e. The molecular formula is C33H50O3. The summed E-state index contributed by atoms with van der Waals surface area (Å²) >= 11 is 0. The molecule has 0 radical (unpaired) electrons. The second-order valence-corrected chi connectivity index (χ2v) is 14.1. The molecule has 200 valence electrons. The average Bonchev–Trinajstić information content (AvgIpc) is 2.80. The number of aliphatic hydroxyl groups excluding tert-OH is 2. The quantitative estimate of drug-likeness (QED) is 0.405. The summed E-state index contributed by atoms with van der Waals surface area (Å²) in [4.78, 5) is 13.9. The molecule has 0 aliphatic carbocycles. The van der Waals surface area contributed by atoms with Gasteiger partial charge >= 0.3 is 0 Å². The number of aliphatic hydroxyl groups is 2. The second-order valence-electron chi connectivity index (χ2n) is 14.1. The molecule has 0 saturated carbocycles. The van der Waals surface area contributed by atoms with E-state index in [1.807, 2.05) is 41.5 Å². The van der Waals surface area contributed by atoms with Gasteiger partial charge in [-0.25, -0.2) is 0 Å². The standard InChI is InChI=1S/C33H50O3/c1-21(23-13-25(30(3,4)5)17-27(15-23)32(9,10)19-34)29(36)22(2)24-14-26(31(6,7)8)18-28(16-24)33(11,12)20-35/h13-18,21-22,34-35H,19-20H2,1-12H3. The molecule has 2 aromatic carbocycles. The van der Waals surface area contributed by atoms with Crippen LogP contribution in [0.25, 0.3) is 0 Å². The molecule has 2 unspecified atom stereocenters. The minimum Gasteiger partial charge on any atom is -0.395 e. The van der Waals surface area contributed by atoms with Crippen LogP contribution in [0.1, 0.15) is 128 Å². The van der Waals surface area contributed by atoms with E-state index in [-0.39, 0.29) is 41.7 Å². The van der Waals surface area contributed by atoms with Crippen molar-refractivity contribution in [2.45, 2.75) is 117 Å². The number of hydrogen-bond acceptors (Lipinski definition) is 3. The summed E-state index contributed by atoms with van der Waals surface area (Å²) < 4.78 is 0. The third kappa shape index (κ3) is 6.66. The molecule has 0 bridgehead atoms. The van der Waals surface area contributed by atoms with Crippen LogP contribution in [0.15, 0.2) is 36.4 Å². The van der Waals surface area contributed by atoms with Crippen LogP contribution >= 0.6 is 0 Å². The Morgan fingerprint density at radius 2 is 0.861 bits per heavy atom. The first-order valence-electron chi connectivity index (χ1n) is 13.3. The van der Waals surface area contributed by atoms with Gasteiger partial charge in [-0.15, -0.1) is 0 Å². The minimum atomic E-state index is -0.393. The van der Waals surface area contributed by atoms with Crippen LogP contribution in [-0.4, -0.2) is 29.2 Å². The third-order valence-corrected chi connectivity index (χ3v) is 7.85. The molecule has 2 N–H and O–H groups in total. The third-order valence-electron chi connectivity index (χ3n) is 7.85. The van der Waals surface area contributed by atoms with Gasteiger partial charge in [-0.05, 0) is 44.2 Å². The number of Topliss-reactive ketones (excluding diaryl/α,β-unsaturated/α-hetero) is 1. The van der Waals surface area contributed by atoms with Crippen molar-refractivity contribution in [2.75, 3.05) is 13.2 Å². The summed E-state index contributed by atoms with van der Waals surface area (Å²) in [5.41, 5.74) is 5.52. The van der Waals surface area contributed by atoms with E-state index in [1.54, 1.807) is 0 Å². The van der Waals surface area contributed by atoms with E-state index in [0.29, 0.717) is 0 Å². The summed E-state index contributed by atoms with van der Waals surface area (Å²) in [6.07, 6.45) is 0. The monoisotopic (exact) mass is 494 g/mol. The Hall–Kier alpha value is -1.97. The lowest BCUT2D eigenvalue weighted by Crippen LogP contribution is -2.26. The van der Waals surface area contributed by atoms with E-state index in [1.165, 1.54) is 11.1 Å². The van der Waals surface area contributed by atoms with Gasteiger partial charge in [0.1, 0.15) is 5.78 Å². The Kier molecular flexibility index (Phi) is 8.76. The van der Waals surface area contributed by atoms with Crippen molar-refractivity contribution < 1.29 is 15.0 Å². The summed E-state index contributed by atoms with van der Waals surface area (Å²) in [7, 11) is 0. The Balaban J connectivity index is 2.60. The molecule has 3 heteroatoms. The van der Waals surface area contributed by atoms with E-state index in [0.717, 1.165) is 22.3 Å². The molecule has 2 atom stereocenters. The number of benzene rings is 2. The van der Waals surface area contributed by atoms with Crippen LogP contribution in [-0.2, 0) is 26.5 Å². The fourth-order valence-electron chi connectivity index (χ4n) is 4.34. The summed E-state index contributed by atoms with van der Waals surface area (Å²) in [5, 5.41) is 20.1. The van der Waals surface area contributed by atoms with Gasteiger partial charge in [-0.2, -0.15) is 0 Å². The lowest BCUT2D eigenvalue weighted by Gasteiger charge is -2.30. The maximum Gasteiger partial charge on any atom is 0.147 e. The van der Waals surface area contributed by atoms with E-state index in [9.17, 15) is 15.0 Å². The van der Waals surface area contributed by atoms with Crippen molar-refractivity contribution in [1.29, 1.82) is 0 Å². The van der Waals surface area contributed by atoms with Crippen LogP contribution in [0, 0.1) is 0 Å². The topological polar surface area (TPSA) is 57.5 Å². The first-order valence-corrected chi connectivity index (χ1v) is 13.3. The highest BCUT2D eigenvalue weighted by Crippen LogP contribution is 2.37. The molecule has 0 spiro atoms. The highest BCUT2D eigenvalue weighted by atomic mass is 16.3. The zero-order valence-corrected chi connectivity index (χ0v) is 24.8. The molecular weight excluding hydrogens is 444 g/mol. The van der Waals surface area contributed by atoms with Gasteiger partial charge in [0.2, 0.25) is 0 Å². The SMILES string of the molecule is CC(C(=O)C(C)c1cc(C(C)(C)C)cc(C(C)(C)CO)c1)c1cc(C(C)(C)C)cc(C(C)(C)CO)c1. The highest BCUT2D eigenvalue weighted by Gasteiger charge is 2.30. The molecule has 0 fully saturated rings. The van der Waals surface area contributed by atoms with Gasteiger partial charge in [-0.1, -0.05) is 119 Å². The van der Waals surface area contributed by atoms with Crippen LogP contribution < -0.4 is 0 Å². The molecule has 0 aromatic heterocycles. The Morgan fingerprint density at radius 3 is 1.11 bits per heavy atom. The van der Waals surface area contributed by atoms with Gasteiger partial charge in [0.25, 0.3) is 0 Å². The van der Waals surface area contributed by atoms with Crippen molar-refractivity contribution in [3.05, 3.63) is 69.8 Å². The van der Waals surface area contributed by atoms with Crippen molar-refractivity contribution >= 4 is 5.78 Å². The lowest BCUT2D eigenvalue weighted by molar-refractivity contribution is -0.121. The molecule has 2 rings (SSSR count). The lowest BCUT2D eigenvalue weighted by atomic mass is 9.75. The summed E-state index contributed by atoms with van der Waals surface area (Å²) in [6.45, 7) is 25.3. The fraction of sp³-hybridized carbons (Fsp3) is 0.606. The van der Waals surface area contributed by atoms with Crippen LogP contribution in [0.2, 0.25) is 0 Å². The molecule has 0 heterocycles. The minimum absolute atomic E-state index is 0.0434. The number of rotatable bonds is 8. The van der Waals surface area contributed by atoms with Gasteiger partial charge < -0.3 is 10.2 Å². The normalized spacial score (nSPS) is 15.1. The zero-order chi connectivity index (χ0) is 27.9. The highest BCUT2D eigenvalue weighted by molar-refractivity contribution is 5.91. The summed E-state index contributed by atoms with van der Waals surface area (Å²) in [5.74, 6) is -0.404. The van der Waals surface area contributed by atoms with E-state index in [2.05, 4.69) is 77.9 Å². The molecule has 0 saturated heterocycles. The maximum absolute atomic E-state index is 13.9. The van der Waals surface area contributed by atoms with Crippen molar-refractivity contribution in [1.82, 2.24) is 0 Å². The average molecular weight is 495 g/mol. The van der Waals surface area contributed by atoms with Gasteiger partial charge in [0.05, 0.1) is 13.2 Å². The molecule has 2 aromatic rings. The first kappa shape index (κ1) is 30.3. The summed E-state index contributed by atoms with van der Waals surface area (Å²) in [6, 6.07) is 12.9. The Morgan fingerprint density at radius 1 is 0.583 bits per heavy atom. The van der Waals surface area contributed by atoms with Crippen LogP contribution in [0.3, 0.4) is 0 Å². The maximum atomic E-state index is 13.9. The number of ketones is 1. The van der Waals surface area contributed by atoms with Crippen molar-refractivity contribution in [2.24, 2.45) is 0 Å². The van der Waals surface area contributed by atoms with Crippen molar-refractivity contribution in [3.8, 4) is 0 Å². The van der Waals surface area contributed by atoms with Crippen LogP contribution in [0.4, 0.5) is 0 Å². The predicted octanol–water partition coefficient (Wildman–Crippen LogP) is 7.30. The number of carbonyl (C=O) groups excluding carboxylic acids is 1. The molecule has 0 aliphatic heterocycles. The van der Waals surface area contributed by atoms with Gasteiger partial charge in [0, 0.05) is 22.7 Å². The molecule has 0 amide bonds. The van der Waals surface area contributed by atoms with Gasteiger partial charge in [0.15, 0.2) is 0 Å². The zero-order valence-electron chi connectivity index (χ0n) is 24.8. The molecule has 0 aliphatic rings. The Labute approximate surface area is 220 Å². The largest absolute Gasteiger partial charge is 0.395 e. The first-order chi connectivity index (χ1) is 16.2. The van der Waals surface area contributed by atoms with Crippen LogP contribution in [0.5, 0.6) is 0 Å². The number of carbonyl (C=O) groups is 1. The predicted molar refractivity (Wildman–Crippen MR) is 152 cm³/mol. The fourth-order valence-corrected chi connectivity index (χ4v) is 4.34. The number of hydrogen-bond donors (Lipinski definition) is 2. The van der Waals surface area contributed by atoms with Gasteiger partial charge in [-0.3, -0.25) is 4.79 Å². The van der Waals surface area contributed by atoms with E-state index in [4.69, 9.17) is 0 Å². The van der Waals surface area contributed by atoms with Crippen molar-refractivity contribution in [3.63, 3.8) is 0 Å².